The number of nitrogens with zero attached hydrogens (tertiary/aromatic N) is 2. The van der Waals surface area contributed by atoms with Gasteiger partial charge in [0.2, 0.25) is 0 Å². The van der Waals surface area contributed by atoms with Crippen molar-refractivity contribution in [3.8, 4) is 0 Å². The van der Waals surface area contributed by atoms with Crippen LogP contribution in [-0.2, 0) is 0 Å². The molecule has 0 aliphatic heterocycles. The minimum atomic E-state index is -0.241. The third-order valence-corrected chi connectivity index (χ3v) is 4.41. The van der Waals surface area contributed by atoms with Crippen LogP contribution in [0, 0.1) is 0 Å². The van der Waals surface area contributed by atoms with E-state index in [1.807, 2.05) is 41.1 Å². The Morgan fingerprint density at radius 1 is 1.14 bits per heavy atom. The zero-order valence-corrected chi connectivity index (χ0v) is 13.1. The van der Waals surface area contributed by atoms with Gasteiger partial charge in [0, 0.05) is 10.4 Å². The molecule has 0 saturated carbocycles. The van der Waals surface area contributed by atoms with Crippen LogP contribution in [0.3, 0.4) is 0 Å². The van der Waals surface area contributed by atoms with Crippen LogP contribution in [0.1, 0.15) is 27.7 Å². The summed E-state index contributed by atoms with van der Waals surface area (Å²) in [6, 6.07) is 9.19. The van der Waals surface area contributed by atoms with E-state index in [-0.39, 0.29) is 11.9 Å². The summed E-state index contributed by atoms with van der Waals surface area (Å²) < 4.78 is 3.71. The zero-order valence-electron chi connectivity index (χ0n) is 10.7. The molecule has 7 heteroatoms. The zero-order chi connectivity index (χ0) is 14.7. The fraction of sp³-hybridized carbons (Fsp3) is 0.0714. The molecule has 1 atom stereocenters. The Kier molecular flexibility index (Phi) is 4.28. The third-order valence-electron chi connectivity index (χ3n) is 2.95. The number of hydrogen-bond acceptors (Lipinski definition) is 5. The van der Waals surface area contributed by atoms with E-state index < -0.39 is 0 Å². The number of hydrogen-bond donors (Lipinski definition) is 1. The maximum absolute atomic E-state index is 12.2. The number of halogens is 1. The first kappa shape index (κ1) is 14.2. The second-order valence-corrected chi connectivity index (χ2v) is 6.13. The summed E-state index contributed by atoms with van der Waals surface area (Å²) in [4.78, 5) is 12.2. The van der Waals surface area contributed by atoms with E-state index in [0.29, 0.717) is 10.7 Å². The highest BCUT2D eigenvalue weighted by atomic mass is 35.5. The van der Waals surface area contributed by atoms with Crippen molar-refractivity contribution in [3.63, 3.8) is 0 Å². The molecule has 3 rings (SSSR count). The molecule has 2 heterocycles. The molecular weight excluding hydrogens is 326 g/mol. The maximum Gasteiger partial charge on any atom is 0.273 e. The van der Waals surface area contributed by atoms with E-state index in [0.717, 1.165) is 22.7 Å². The average molecular weight is 336 g/mol. The number of amides is 1. The molecule has 3 aromatic rings. The highest BCUT2D eigenvalue weighted by Crippen LogP contribution is 2.25. The Morgan fingerprint density at radius 3 is 2.57 bits per heavy atom. The maximum atomic E-state index is 12.2. The number of nitrogens with one attached hydrogen (secondary N) is 1. The first-order chi connectivity index (χ1) is 10.2. The lowest BCUT2D eigenvalue weighted by molar-refractivity contribution is 0.0938. The number of carbonyl (C=O) groups is 1. The Hall–Kier alpha value is -1.76. The minimum absolute atomic E-state index is 0.234. The molecule has 4 nitrogen and oxygen atoms in total. The first-order valence-corrected chi connectivity index (χ1v) is 8.25. The SMILES string of the molecule is O=C(N[C@H](c1ccc(Cl)cc1)c1ccsc1)c1csnn1. The van der Waals surface area contributed by atoms with E-state index in [2.05, 4.69) is 14.9 Å². The Labute approximate surface area is 134 Å². The van der Waals surface area contributed by atoms with Gasteiger partial charge in [0.05, 0.1) is 6.04 Å². The molecule has 0 aliphatic carbocycles. The lowest BCUT2D eigenvalue weighted by Crippen LogP contribution is -2.29. The summed E-state index contributed by atoms with van der Waals surface area (Å²) in [7, 11) is 0. The molecule has 0 bridgehead atoms. The fourth-order valence-corrected chi connectivity index (χ4v) is 3.17. The largest absolute Gasteiger partial charge is 0.340 e. The van der Waals surface area contributed by atoms with Crippen LogP contribution in [0.2, 0.25) is 5.02 Å². The fourth-order valence-electron chi connectivity index (χ4n) is 1.92. The number of benzene rings is 1. The lowest BCUT2D eigenvalue weighted by Gasteiger charge is -2.18. The second-order valence-electron chi connectivity index (χ2n) is 4.30. The van der Waals surface area contributed by atoms with Gasteiger partial charge < -0.3 is 5.32 Å². The third kappa shape index (κ3) is 3.29. The van der Waals surface area contributed by atoms with E-state index in [1.54, 1.807) is 16.7 Å². The smallest absolute Gasteiger partial charge is 0.273 e. The second kappa shape index (κ2) is 6.34. The molecular formula is C14H10ClN3OS2. The summed E-state index contributed by atoms with van der Waals surface area (Å²) in [6.07, 6.45) is 0. The topological polar surface area (TPSA) is 54.9 Å². The van der Waals surface area contributed by atoms with E-state index in [1.165, 1.54) is 0 Å². The monoisotopic (exact) mass is 335 g/mol. The minimum Gasteiger partial charge on any atom is -0.340 e. The van der Waals surface area contributed by atoms with Crippen LogP contribution >= 0.6 is 34.5 Å². The number of rotatable bonds is 4. The van der Waals surface area contributed by atoms with Gasteiger partial charge in [-0.25, -0.2) is 0 Å². The highest BCUT2D eigenvalue weighted by molar-refractivity contribution is 7.08. The summed E-state index contributed by atoms with van der Waals surface area (Å²) in [5, 5.41) is 13.1. The van der Waals surface area contributed by atoms with Crippen LogP contribution in [0.15, 0.2) is 46.5 Å². The molecule has 1 amide bonds. The standard InChI is InChI=1S/C14H10ClN3OS2/c15-11-3-1-9(2-4-11)13(10-5-6-20-7-10)16-14(19)12-8-21-18-17-12/h1-8,13H,(H,16,19)/t13-/m1/s1. The predicted molar refractivity (Wildman–Crippen MR) is 85.0 cm³/mol. The van der Waals surface area contributed by atoms with Crippen molar-refractivity contribution in [2.75, 3.05) is 0 Å². The van der Waals surface area contributed by atoms with Crippen LogP contribution in [0.5, 0.6) is 0 Å². The Morgan fingerprint density at radius 2 is 1.95 bits per heavy atom. The molecule has 0 spiro atoms. The molecule has 21 heavy (non-hydrogen) atoms. The quantitative estimate of drug-likeness (QED) is 0.789. The molecule has 0 saturated heterocycles. The Bertz CT molecular complexity index is 711. The van der Waals surface area contributed by atoms with Crippen LogP contribution in [0.4, 0.5) is 0 Å². The molecule has 0 aliphatic rings. The van der Waals surface area contributed by atoms with Crippen molar-refractivity contribution in [3.05, 3.63) is 68.3 Å². The molecule has 0 radical (unpaired) electrons. The van der Waals surface area contributed by atoms with Gasteiger partial charge in [0.1, 0.15) is 0 Å². The molecule has 0 unspecified atom stereocenters. The van der Waals surface area contributed by atoms with Gasteiger partial charge in [-0.15, -0.1) is 5.10 Å². The summed E-state index contributed by atoms with van der Waals surface area (Å²) in [5.41, 5.74) is 2.32. The van der Waals surface area contributed by atoms with Gasteiger partial charge in [0.25, 0.3) is 5.91 Å². The Balaban J connectivity index is 1.90. The van der Waals surface area contributed by atoms with Crippen molar-refractivity contribution in [2.45, 2.75) is 6.04 Å². The normalized spacial score (nSPS) is 12.0. The molecule has 106 valence electrons. The summed E-state index contributed by atoms with van der Waals surface area (Å²) in [6.45, 7) is 0. The number of thiophene rings is 1. The van der Waals surface area contributed by atoms with Crippen molar-refractivity contribution in [1.29, 1.82) is 0 Å². The predicted octanol–water partition coefficient (Wildman–Crippen LogP) is 3.77. The number of aromatic nitrogens is 2. The van der Waals surface area contributed by atoms with E-state index in [4.69, 9.17) is 11.6 Å². The first-order valence-electron chi connectivity index (χ1n) is 6.09. The van der Waals surface area contributed by atoms with Crippen molar-refractivity contribution in [1.82, 2.24) is 14.9 Å². The van der Waals surface area contributed by atoms with Gasteiger partial charge >= 0.3 is 0 Å². The van der Waals surface area contributed by atoms with E-state index in [9.17, 15) is 4.79 Å². The highest BCUT2D eigenvalue weighted by Gasteiger charge is 2.19. The van der Waals surface area contributed by atoms with Gasteiger partial charge in [-0.05, 0) is 51.6 Å². The van der Waals surface area contributed by atoms with Gasteiger partial charge in [-0.1, -0.05) is 28.2 Å². The molecule has 0 fully saturated rings. The van der Waals surface area contributed by atoms with Crippen molar-refractivity contribution >= 4 is 40.4 Å². The average Bonchev–Trinajstić information content (AvgIpc) is 3.19. The van der Waals surface area contributed by atoms with Crippen LogP contribution in [0.25, 0.3) is 0 Å². The molecule has 2 aromatic heterocycles. The van der Waals surface area contributed by atoms with Gasteiger partial charge in [-0.2, -0.15) is 11.3 Å². The molecule has 1 aromatic carbocycles. The summed E-state index contributed by atoms with van der Waals surface area (Å²) >= 11 is 8.67. The van der Waals surface area contributed by atoms with Crippen molar-refractivity contribution in [2.24, 2.45) is 0 Å². The van der Waals surface area contributed by atoms with Crippen LogP contribution < -0.4 is 5.32 Å². The molecule has 1 N–H and O–H groups in total. The lowest BCUT2D eigenvalue weighted by atomic mass is 10.0. The van der Waals surface area contributed by atoms with Crippen LogP contribution in [-0.4, -0.2) is 15.5 Å². The van der Waals surface area contributed by atoms with Gasteiger partial charge in [0.15, 0.2) is 5.69 Å². The van der Waals surface area contributed by atoms with E-state index >= 15 is 0 Å². The number of carbonyl (C=O) groups excluding carboxylic acids is 1. The summed E-state index contributed by atoms with van der Waals surface area (Å²) in [5.74, 6) is -0.241. The van der Waals surface area contributed by atoms with Crippen molar-refractivity contribution < 1.29 is 4.79 Å². The van der Waals surface area contributed by atoms with Gasteiger partial charge in [-0.3, -0.25) is 4.79 Å².